The molecule has 0 amide bonds. The Balaban J connectivity index is 3.43. The van der Waals surface area contributed by atoms with E-state index in [1.165, 1.54) is 0 Å². The van der Waals surface area contributed by atoms with Crippen LogP contribution in [-0.4, -0.2) is 9.49 Å². The zero-order chi connectivity index (χ0) is 13.2. The molecule has 1 heterocycles. The lowest BCUT2D eigenvalue weighted by Crippen LogP contribution is -2.65. The minimum absolute atomic E-state index is 0.315. The molecule has 0 aromatic rings. The molecule has 1 aliphatic heterocycles. The van der Waals surface area contributed by atoms with Gasteiger partial charge in [0.1, 0.15) is 0 Å². The molecule has 0 aromatic carbocycles. The quantitative estimate of drug-likeness (QED) is 0.550. The monoisotopic (exact) mass is 242 g/mol. The minimum atomic E-state index is 0.315. The molecule has 0 atom stereocenters. The van der Waals surface area contributed by atoms with Crippen molar-refractivity contribution in [2.75, 3.05) is 0 Å². The lowest BCUT2D eigenvalue weighted by molar-refractivity contribution is -0.0686. The van der Waals surface area contributed by atoms with Crippen LogP contribution in [0, 0.1) is 16.2 Å². The van der Waals surface area contributed by atoms with E-state index in [0.717, 1.165) is 0 Å². The topological polar surface area (TPSA) is 0 Å². The Hall–Kier alpha value is 0.350. The summed E-state index contributed by atoms with van der Waals surface area (Å²) in [5.41, 5.74) is 0.964. The molecule has 1 aliphatic rings. The third-order valence-electron chi connectivity index (χ3n) is 6.65. The van der Waals surface area contributed by atoms with Gasteiger partial charge in [-0.2, -0.15) is 0 Å². The first-order valence-corrected chi connectivity index (χ1v) is 7.22. The van der Waals surface area contributed by atoms with E-state index < -0.39 is 0 Å². The fourth-order valence-corrected chi connectivity index (χ4v) is 5.48. The van der Waals surface area contributed by atoms with Gasteiger partial charge in [-0.1, -0.05) is 69.2 Å². The summed E-state index contributed by atoms with van der Waals surface area (Å²) in [6.07, 6.45) is 0. The number of thioether (sulfide) groups is 1. The van der Waals surface area contributed by atoms with Gasteiger partial charge in [0.05, 0.1) is 0 Å². The van der Waals surface area contributed by atoms with Crippen molar-refractivity contribution >= 4 is 11.8 Å². The molecule has 1 heteroatoms. The molecule has 0 nitrogen and oxygen atoms in total. The third kappa shape index (κ3) is 1.43. The van der Waals surface area contributed by atoms with E-state index in [0.29, 0.717) is 25.7 Å². The van der Waals surface area contributed by atoms with Gasteiger partial charge in [0.25, 0.3) is 0 Å². The number of hydrogen-bond donors (Lipinski definition) is 0. The molecule has 0 aromatic heterocycles. The Bertz CT molecular complexity index is 265. The van der Waals surface area contributed by atoms with E-state index >= 15 is 0 Å². The molecular weight excluding hydrogens is 212 g/mol. The van der Waals surface area contributed by atoms with Gasteiger partial charge in [0.2, 0.25) is 0 Å². The fraction of sp³-hybridized carbons (Fsp3) is 1.00. The van der Waals surface area contributed by atoms with Crippen LogP contribution in [0.25, 0.3) is 0 Å². The zero-order valence-corrected chi connectivity index (χ0v) is 13.7. The molecule has 0 spiro atoms. The van der Waals surface area contributed by atoms with Gasteiger partial charge >= 0.3 is 0 Å². The summed E-state index contributed by atoms with van der Waals surface area (Å²) >= 11 is 2.16. The molecule has 0 N–H and O–H groups in total. The molecule has 0 bridgehead atoms. The van der Waals surface area contributed by atoms with Crippen molar-refractivity contribution in [3.05, 3.63) is 0 Å². The van der Waals surface area contributed by atoms with Gasteiger partial charge in [-0.3, -0.25) is 0 Å². The Morgan fingerprint density at radius 2 is 0.688 bits per heavy atom. The van der Waals surface area contributed by atoms with Crippen LogP contribution >= 0.6 is 11.8 Å². The van der Waals surface area contributed by atoms with Crippen molar-refractivity contribution in [2.24, 2.45) is 16.2 Å². The molecular formula is C15H30S. The first-order valence-electron chi connectivity index (χ1n) is 6.41. The van der Waals surface area contributed by atoms with Gasteiger partial charge < -0.3 is 0 Å². The van der Waals surface area contributed by atoms with Gasteiger partial charge in [-0.05, 0) is 16.2 Å². The SMILES string of the molecule is CC1(C)SC(C)(C)C(C)(C)C(C)(C)C1(C)C. The molecule has 1 fully saturated rings. The fourth-order valence-electron chi connectivity index (χ4n) is 3.18. The van der Waals surface area contributed by atoms with E-state index in [4.69, 9.17) is 0 Å². The van der Waals surface area contributed by atoms with E-state index in [1.54, 1.807) is 0 Å². The molecule has 1 saturated heterocycles. The first-order chi connectivity index (χ1) is 6.71. The highest BCUT2D eigenvalue weighted by molar-refractivity contribution is 8.02. The summed E-state index contributed by atoms with van der Waals surface area (Å²) in [7, 11) is 0. The normalized spacial score (nSPS) is 33.4. The van der Waals surface area contributed by atoms with Crippen LogP contribution in [0.3, 0.4) is 0 Å². The lowest BCUT2D eigenvalue weighted by atomic mass is 9.48. The summed E-state index contributed by atoms with van der Waals surface area (Å²) < 4.78 is 0.630. The second kappa shape index (κ2) is 3.22. The van der Waals surface area contributed by atoms with E-state index in [2.05, 4.69) is 81.0 Å². The van der Waals surface area contributed by atoms with E-state index in [-0.39, 0.29) is 0 Å². The molecule has 96 valence electrons. The summed E-state index contributed by atoms with van der Waals surface area (Å²) in [6, 6.07) is 0. The van der Waals surface area contributed by atoms with E-state index in [1.807, 2.05) is 0 Å². The second-order valence-electron chi connectivity index (χ2n) is 8.00. The Kier molecular flexibility index (Phi) is 2.90. The Morgan fingerprint density at radius 1 is 0.438 bits per heavy atom. The maximum Gasteiger partial charge on any atom is 0.0165 e. The summed E-state index contributed by atoms with van der Waals surface area (Å²) in [5, 5.41) is 0. The number of hydrogen-bond acceptors (Lipinski definition) is 1. The summed E-state index contributed by atoms with van der Waals surface area (Å²) in [5.74, 6) is 0. The lowest BCUT2D eigenvalue weighted by Gasteiger charge is -2.69. The predicted molar refractivity (Wildman–Crippen MR) is 77.1 cm³/mol. The standard InChI is InChI=1S/C15H30S/c1-11(2)12(3,4)14(7,8)16-15(9,10)13(11,5)6/h1-10H3. The van der Waals surface area contributed by atoms with Crippen molar-refractivity contribution in [1.82, 2.24) is 0 Å². The van der Waals surface area contributed by atoms with Gasteiger partial charge in [-0.25, -0.2) is 0 Å². The molecule has 1 rings (SSSR count). The van der Waals surface area contributed by atoms with Crippen molar-refractivity contribution in [3.8, 4) is 0 Å². The average molecular weight is 242 g/mol. The van der Waals surface area contributed by atoms with Crippen molar-refractivity contribution in [3.63, 3.8) is 0 Å². The molecule has 16 heavy (non-hydrogen) atoms. The van der Waals surface area contributed by atoms with Crippen LogP contribution < -0.4 is 0 Å². The molecule has 0 radical (unpaired) electrons. The summed E-state index contributed by atoms with van der Waals surface area (Å²) in [4.78, 5) is 0. The summed E-state index contributed by atoms with van der Waals surface area (Å²) in [6.45, 7) is 24.3. The Labute approximate surface area is 107 Å². The average Bonchev–Trinajstić information content (AvgIpc) is 1.98. The van der Waals surface area contributed by atoms with Crippen LogP contribution in [0.5, 0.6) is 0 Å². The molecule has 0 unspecified atom stereocenters. The molecule has 0 aliphatic carbocycles. The van der Waals surface area contributed by atoms with Crippen molar-refractivity contribution in [2.45, 2.75) is 78.7 Å². The number of rotatable bonds is 0. The van der Waals surface area contributed by atoms with E-state index in [9.17, 15) is 0 Å². The van der Waals surface area contributed by atoms with Gasteiger partial charge in [0.15, 0.2) is 0 Å². The highest BCUT2D eigenvalue weighted by Gasteiger charge is 2.64. The first kappa shape index (κ1) is 14.4. The van der Waals surface area contributed by atoms with Gasteiger partial charge in [0, 0.05) is 9.49 Å². The highest BCUT2D eigenvalue weighted by atomic mass is 32.2. The van der Waals surface area contributed by atoms with Crippen LogP contribution in [0.2, 0.25) is 0 Å². The van der Waals surface area contributed by atoms with Crippen LogP contribution in [0.15, 0.2) is 0 Å². The highest BCUT2D eigenvalue weighted by Crippen LogP contribution is 2.71. The smallest absolute Gasteiger partial charge is 0.0165 e. The second-order valence-corrected chi connectivity index (χ2v) is 10.2. The maximum absolute atomic E-state index is 2.45. The predicted octanol–water partition coefficient (Wildman–Crippen LogP) is 5.37. The minimum Gasteiger partial charge on any atom is -0.148 e. The maximum atomic E-state index is 2.45. The van der Waals surface area contributed by atoms with Crippen LogP contribution in [0.1, 0.15) is 69.2 Å². The largest absolute Gasteiger partial charge is 0.148 e. The van der Waals surface area contributed by atoms with Crippen molar-refractivity contribution < 1.29 is 0 Å². The molecule has 0 saturated carbocycles. The third-order valence-corrected chi connectivity index (χ3v) is 8.69. The van der Waals surface area contributed by atoms with Crippen molar-refractivity contribution in [1.29, 1.82) is 0 Å². The Morgan fingerprint density at radius 3 is 0.938 bits per heavy atom. The van der Waals surface area contributed by atoms with Crippen LogP contribution in [0.4, 0.5) is 0 Å². The van der Waals surface area contributed by atoms with Crippen LogP contribution in [-0.2, 0) is 0 Å². The van der Waals surface area contributed by atoms with Gasteiger partial charge in [-0.15, -0.1) is 11.8 Å². The zero-order valence-electron chi connectivity index (χ0n) is 12.9.